The largest absolute Gasteiger partial charge is 0.449 e. The SMILES string of the molecule is c1nc(N2CCCN2)co1. The van der Waals surface area contributed by atoms with Crippen molar-refractivity contribution in [3.8, 4) is 0 Å². The van der Waals surface area contributed by atoms with Gasteiger partial charge in [0.2, 0.25) is 0 Å². The molecule has 4 nitrogen and oxygen atoms in total. The van der Waals surface area contributed by atoms with E-state index in [1.807, 2.05) is 5.01 Å². The van der Waals surface area contributed by atoms with Gasteiger partial charge in [-0.2, -0.15) is 4.98 Å². The third kappa shape index (κ3) is 0.863. The lowest BCUT2D eigenvalue weighted by Crippen LogP contribution is -2.30. The van der Waals surface area contributed by atoms with E-state index in [4.69, 9.17) is 4.42 Å². The Hall–Kier alpha value is -1.03. The van der Waals surface area contributed by atoms with E-state index in [0.717, 1.165) is 18.9 Å². The highest BCUT2D eigenvalue weighted by Crippen LogP contribution is 2.10. The zero-order valence-corrected chi connectivity index (χ0v) is 5.58. The molecule has 0 bridgehead atoms. The average molecular weight is 139 g/mol. The topological polar surface area (TPSA) is 41.3 Å². The lowest BCUT2D eigenvalue weighted by molar-refractivity contribution is 0.557. The Bertz CT molecular complexity index is 191. The lowest BCUT2D eigenvalue weighted by Gasteiger charge is -2.11. The van der Waals surface area contributed by atoms with Crippen molar-refractivity contribution in [2.75, 3.05) is 18.1 Å². The first-order chi connectivity index (χ1) is 4.97. The summed E-state index contributed by atoms with van der Waals surface area (Å²) in [4.78, 5) is 4.00. The fourth-order valence-electron chi connectivity index (χ4n) is 1.07. The number of aromatic nitrogens is 1. The molecular weight excluding hydrogens is 130 g/mol. The Morgan fingerprint density at radius 3 is 3.30 bits per heavy atom. The molecule has 0 amide bonds. The molecule has 1 aliphatic heterocycles. The quantitative estimate of drug-likeness (QED) is 0.611. The van der Waals surface area contributed by atoms with Crippen molar-refractivity contribution in [1.82, 2.24) is 10.4 Å². The summed E-state index contributed by atoms with van der Waals surface area (Å²) in [7, 11) is 0. The molecule has 2 heterocycles. The summed E-state index contributed by atoms with van der Waals surface area (Å²) in [5.74, 6) is 0.873. The van der Waals surface area contributed by atoms with E-state index in [2.05, 4.69) is 10.4 Å². The zero-order chi connectivity index (χ0) is 6.81. The first-order valence-corrected chi connectivity index (χ1v) is 3.36. The van der Waals surface area contributed by atoms with Crippen molar-refractivity contribution in [1.29, 1.82) is 0 Å². The number of oxazole rings is 1. The van der Waals surface area contributed by atoms with Gasteiger partial charge in [0.05, 0.1) is 0 Å². The van der Waals surface area contributed by atoms with Crippen molar-refractivity contribution < 1.29 is 4.42 Å². The third-order valence-corrected chi connectivity index (χ3v) is 1.56. The highest BCUT2D eigenvalue weighted by molar-refractivity contribution is 5.32. The molecule has 1 aliphatic rings. The van der Waals surface area contributed by atoms with E-state index in [1.54, 1.807) is 6.26 Å². The Kier molecular flexibility index (Phi) is 1.32. The second-order valence-corrected chi connectivity index (χ2v) is 2.26. The first-order valence-electron chi connectivity index (χ1n) is 3.36. The summed E-state index contributed by atoms with van der Waals surface area (Å²) in [5, 5.41) is 1.99. The summed E-state index contributed by atoms with van der Waals surface area (Å²) >= 11 is 0. The minimum atomic E-state index is 0.873. The Labute approximate surface area is 58.8 Å². The van der Waals surface area contributed by atoms with Gasteiger partial charge < -0.3 is 4.42 Å². The van der Waals surface area contributed by atoms with Crippen LogP contribution in [0, 0.1) is 0 Å². The monoisotopic (exact) mass is 139 g/mol. The molecule has 2 rings (SSSR count). The smallest absolute Gasteiger partial charge is 0.182 e. The molecule has 1 saturated heterocycles. The Morgan fingerprint density at radius 2 is 2.70 bits per heavy atom. The summed E-state index contributed by atoms with van der Waals surface area (Å²) < 4.78 is 4.83. The molecule has 54 valence electrons. The van der Waals surface area contributed by atoms with Crippen molar-refractivity contribution in [2.24, 2.45) is 0 Å². The maximum Gasteiger partial charge on any atom is 0.182 e. The molecule has 1 N–H and O–H groups in total. The van der Waals surface area contributed by atoms with Crippen molar-refractivity contribution >= 4 is 5.82 Å². The van der Waals surface area contributed by atoms with Crippen LogP contribution in [0.1, 0.15) is 6.42 Å². The molecule has 0 atom stereocenters. The van der Waals surface area contributed by atoms with Gasteiger partial charge in [-0.05, 0) is 6.42 Å². The van der Waals surface area contributed by atoms with Crippen LogP contribution in [0.2, 0.25) is 0 Å². The van der Waals surface area contributed by atoms with Crippen molar-refractivity contribution in [2.45, 2.75) is 6.42 Å². The normalized spacial score (nSPS) is 18.2. The maximum atomic E-state index is 4.83. The molecule has 0 spiro atoms. The third-order valence-electron chi connectivity index (χ3n) is 1.56. The Morgan fingerprint density at radius 1 is 1.70 bits per heavy atom. The van der Waals surface area contributed by atoms with Crippen molar-refractivity contribution in [3.63, 3.8) is 0 Å². The van der Waals surface area contributed by atoms with Crippen LogP contribution < -0.4 is 10.4 Å². The number of hydrogen-bond donors (Lipinski definition) is 1. The van der Waals surface area contributed by atoms with Crippen LogP contribution >= 0.6 is 0 Å². The molecule has 0 aliphatic carbocycles. The molecule has 0 aromatic carbocycles. The molecule has 10 heavy (non-hydrogen) atoms. The van der Waals surface area contributed by atoms with Gasteiger partial charge in [-0.1, -0.05) is 0 Å². The van der Waals surface area contributed by atoms with E-state index < -0.39 is 0 Å². The summed E-state index contributed by atoms with van der Waals surface area (Å²) in [6.07, 6.45) is 4.25. The standard InChI is InChI=1S/C6H9N3O/c1-2-8-9(3-1)6-4-10-5-7-6/h4-5,8H,1-3H2. The maximum absolute atomic E-state index is 4.83. The van der Waals surface area contributed by atoms with Gasteiger partial charge in [0, 0.05) is 13.1 Å². The summed E-state index contributed by atoms with van der Waals surface area (Å²) in [6, 6.07) is 0. The summed E-state index contributed by atoms with van der Waals surface area (Å²) in [6.45, 7) is 2.05. The predicted octanol–water partition coefficient (Wildman–Crippen LogP) is 0.389. The highest BCUT2D eigenvalue weighted by Gasteiger charge is 2.12. The van der Waals surface area contributed by atoms with Crippen LogP contribution in [0.25, 0.3) is 0 Å². The van der Waals surface area contributed by atoms with Crippen molar-refractivity contribution in [3.05, 3.63) is 12.7 Å². The number of nitrogens with zero attached hydrogens (tertiary/aromatic N) is 2. The van der Waals surface area contributed by atoms with Crippen LogP contribution in [0.4, 0.5) is 5.82 Å². The lowest BCUT2D eigenvalue weighted by atomic mass is 10.5. The van der Waals surface area contributed by atoms with Gasteiger partial charge in [-0.25, -0.2) is 5.43 Å². The minimum absolute atomic E-state index is 0.873. The van der Waals surface area contributed by atoms with Gasteiger partial charge in [0.1, 0.15) is 6.26 Å². The summed E-state index contributed by atoms with van der Waals surface area (Å²) in [5.41, 5.74) is 3.17. The average Bonchev–Trinajstić information content (AvgIpc) is 2.59. The second-order valence-electron chi connectivity index (χ2n) is 2.26. The van der Waals surface area contributed by atoms with E-state index in [-0.39, 0.29) is 0 Å². The van der Waals surface area contributed by atoms with E-state index in [9.17, 15) is 0 Å². The fraction of sp³-hybridized carbons (Fsp3) is 0.500. The highest BCUT2D eigenvalue weighted by atomic mass is 16.3. The molecule has 0 saturated carbocycles. The molecule has 1 fully saturated rings. The van der Waals surface area contributed by atoms with Crippen LogP contribution in [0.3, 0.4) is 0 Å². The van der Waals surface area contributed by atoms with Gasteiger partial charge in [0.15, 0.2) is 12.2 Å². The molecule has 4 heteroatoms. The number of rotatable bonds is 1. The van der Waals surface area contributed by atoms with Crippen LogP contribution in [0.15, 0.2) is 17.1 Å². The van der Waals surface area contributed by atoms with E-state index in [1.165, 1.54) is 12.8 Å². The Balaban J connectivity index is 2.12. The van der Waals surface area contributed by atoms with E-state index >= 15 is 0 Å². The van der Waals surface area contributed by atoms with Gasteiger partial charge in [0.25, 0.3) is 0 Å². The zero-order valence-electron chi connectivity index (χ0n) is 5.58. The molecule has 0 unspecified atom stereocenters. The number of anilines is 1. The molecular formula is C6H9N3O. The van der Waals surface area contributed by atoms with Crippen LogP contribution in [-0.2, 0) is 0 Å². The second kappa shape index (κ2) is 2.30. The number of nitrogens with one attached hydrogen (secondary N) is 1. The molecule has 1 aromatic rings. The van der Waals surface area contributed by atoms with E-state index in [0.29, 0.717) is 0 Å². The van der Waals surface area contributed by atoms with Gasteiger partial charge in [-0.3, -0.25) is 5.01 Å². The molecule has 1 aromatic heterocycles. The molecule has 0 radical (unpaired) electrons. The number of hydrazine groups is 1. The minimum Gasteiger partial charge on any atom is -0.449 e. The first kappa shape index (κ1) is 5.73. The van der Waals surface area contributed by atoms with Gasteiger partial charge >= 0.3 is 0 Å². The van der Waals surface area contributed by atoms with Crippen LogP contribution in [-0.4, -0.2) is 18.1 Å². The van der Waals surface area contributed by atoms with Crippen LogP contribution in [0.5, 0.6) is 0 Å². The predicted molar refractivity (Wildman–Crippen MR) is 36.5 cm³/mol. The number of hydrogen-bond acceptors (Lipinski definition) is 4. The fourth-order valence-corrected chi connectivity index (χ4v) is 1.07. The van der Waals surface area contributed by atoms with Gasteiger partial charge in [-0.15, -0.1) is 0 Å².